The first-order valence-corrected chi connectivity index (χ1v) is 8.64. The molecule has 0 unspecified atom stereocenters. The van der Waals surface area contributed by atoms with Gasteiger partial charge >= 0.3 is 0 Å². The van der Waals surface area contributed by atoms with Gasteiger partial charge in [-0.2, -0.15) is 0 Å². The average Bonchev–Trinajstić information content (AvgIpc) is 2.63. The molecule has 0 bridgehead atoms. The van der Waals surface area contributed by atoms with Gasteiger partial charge < -0.3 is 10.2 Å². The smallest absolute Gasteiger partial charge is 0.274 e. The molecule has 1 amide bonds. The molecular formula is C19H24N4O. The van der Waals surface area contributed by atoms with Crippen molar-refractivity contribution in [3.05, 3.63) is 47.7 Å². The van der Waals surface area contributed by atoms with E-state index in [-0.39, 0.29) is 5.91 Å². The lowest BCUT2D eigenvalue weighted by Crippen LogP contribution is -2.36. The lowest BCUT2D eigenvalue weighted by molar-refractivity contribution is 0.0717. The van der Waals surface area contributed by atoms with Crippen LogP contribution in [0.1, 0.15) is 55.1 Å². The van der Waals surface area contributed by atoms with Gasteiger partial charge in [0.25, 0.3) is 5.91 Å². The highest BCUT2D eigenvalue weighted by atomic mass is 16.2. The summed E-state index contributed by atoms with van der Waals surface area (Å²) >= 11 is 0. The Kier molecular flexibility index (Phi) is 5.08. The summed E-state index contributed by atoms with van der Waals surface area (Å²) in [4.78, 5) is 14.3. The van der Waals surface area contributed by atoms with Crippen LogP contribution < -0.4 is 5.32 Å². The van der Waals surface area contributed by atoms with Crippen LogP contribution in [-0.2, 0) is 0 Å². The van der Waals surface area contributed by atoms with Gasteiger partial charge in [-0.3, -0.25) is 4.79 Å². The predicted octanol–water partition coefficient (Wildman–Crippen LogP) is 3.97. The predicted molar refractivity (Wildman–Crippen MR) is 95.6 cm³/mol. The molecule has 1 aromatic heterocycles. The molecule has 5 nitrogen and oxygen atoms in total. The number of hydrogen-bond acceptors (Lipinski definition) is 4. The van der Waals surface area contributed by atoms with Crippen LogP contribution >= 0.6 is 0 Å². The van der Waals surface area contributed by atoms with Crippen molar-refractivity contribution >= 4 is 17.4 Å². The number of nitrogens with one attached hydrogen (secondary N) is 1. The third-order valence-electron chi connectivity index (χ3n) is 4.37. The molecule has 0 aliphatic carbocycles. The molecule has 0 saturated carbocycles. The van der Waals surface area contributed by atoms with Gasteiger partial charge in [-0.25, -0.2) is 0 Å². The Morgan fingerprint density at radius 3 is 2.46 bits per heavy atom. The Bertz CT molecular complexity index is 691. The average molecular weight is 324 g/mol. The number of piperidine rings is 1. The number of aromatic nitrogens is 2. The van der Waals surface area contributed by atoms with Crippen LogP contribution in [-0.4, -0.2) is 34.1 Å². The van der Waals surface area contributed by atoms with Gasteiger partial charge in [-0.15, -0.1) is 10.2 Å². The summed E-state index contributed by atoms with van der Waals surface area (Å²) in [5.74, 6) is 1.05. The van der Waals surface area contributed by atoms with Gasteiger partial charge in [0.1, 0.15) is 0 Å². The molecule has 24 heavy (non-hydrogen) atoms. The first-order chi connectivity index (χ1) is 11.6. The first kappa shape index (κ1) is 16.4. The molecule has 1 aliphatic rings. The summed E-state index contributed by atoms with van der Waals surface area (Å²) in [5.41, 5.74) is 2.67. The second-order valence-electron chi connectivity index (χ2n) is 6.52. The van der Waals surface area contributed by atoms with E-state index in [9.17, 15) is 4.79 Å². The minimum atomic E-state index is -0.0173. The van der Waals surface area contributed by atoms with Crippen molar-refractivity contribution in [3.63, 3.8) is 0 Å². The van der Waals surface area contributed by atoms with Crippen molar-refractivity contribution in [3.8, 4) is 0 Å². The SMILES string of the molecule is CC(C)c1ccccc1Nc1ccc(C(=O)N2CCCCC2)nn1. The number of carbonyl (C=O) groups is 1. The highest BCUT2D eigenvalue weighted by Crippen LogP contribution is 2.26. The summed E-state index contributed by atoms with van der Waals surface area (Å²) in [7, 11) is 0. The zero-order valence-electron chi connectivity index (χ0n) is 14.3. The number of anilines is 2. The number of carbonyl (C=O) groups excluding carboxylic acids is 1. The van der Waals surface area contributed by atoms with Crippen molar-refractivity contribution in [2.75, 3.05) is 18.4 Å². The van der Waals surface area contributed by atoms with Crippen LogP contribution in [0.5, 0.6) is 0 Å². The fraction of sp³-hybridized carbons (Fsp3) is 0.421. The van der Waals surface area contributed by atoms with E-state index >= 15 is 0 Å². The molecular weight excluding hydrogens is 300 g/mol. The first-order valence-electron chi connectivity index (χ1n) is 8.64. The van der Waals surface area contributed by atoms with Gasteiger partial charge in [0.15, 0.2) is 11.5 Å². The van der Waals surface area contributed by atoms with Crippen molar-refractivity contribution in [2.24, 2.45) is 0 Å². The van der Waals surface area contributed by atoms with Gasteiger partial charge in [0.05, 0.1) is 0 Å². The normalized spacial score (nSPS) is 14.7. The highest BCUT2D eigenvalue weighted by molar-refractivity contribution is 5.92. The molecule has 5 heteroatoms. The molecule has 126 valence electrons. The van der Waals surface area contributed by atoms with Crippen LogP contribution in [0.3, 0.4) is 0 Å². The fourth-order valence-electron chi connectivity index (χ4n) is 3.02. The van der Waals surface area contributed by atoms with E-state index < -0.39 is 0 Å². The zero-order chi connectivity index (χ0) is 16.9. The van der Waals surface area contributed by atoms with Gasteiger partial charge in [-0.05, 0) is 48.9 Å². The van der Waals surface area contributed by atoms with Gasteiger partial charge in [-0.1, -0.05) is 32.0 Å². The molecule has 1 saturated heterocycles. The molecule has 1 fully saturated rings. The third kappa shape index (κ3) is 3.72. The maximum Gasteiger partial charge on any atom is 0.274 e. The molecule has 0 spiro atoms. The van der Waals surface area contributed by atoms with E-state index in [1.807, 2.05) is 29.2 Å². The summed E-state index contributed by atoms with van der Waals surface area (Å²) in [6.45, 7) is 5.96. The molecule has 0 radical (unpaired) electrons. The van der Waals surface area contributed by atoms with Crippen LogP contribution in [0.4, 0.5) is 11.5 Å². The van der Waals surface area contributed by atoms with Crippen molar-refractivity contribution in [2.45, 2.75) is 39.0 Å². The molecule has 2 aromatic rings. The Labute approximate surface area is 143 Å². The van der Waals surface area contributed by atoms with E-state index in [4.69, 9.17) is 0 Å². The molecule has 3 rings (SSSR count). The topological polar surface area (TPSA) is 58.1 Å². The summed E-state index contributed by atoms with van der Waals surface area (Å²) < 4.78 is 0. The number of para-hydroxylation sites is 1. The number of nitrogens with zero attached hydrogens (tertiary/aromatic N) is 3. The van der Waals surface area contributed by atoms with E-state index in [0.717, 1.165) is 31.6 Å². The van der Waals surface area contributed by atoms with Crippen LogP contribution in [0.2, 0.25) is 0 Å². The number of amides is 1. The number of benzene rings is 1. The minimum Gasteiger partial charge on any atom is -0.338 e. The van der Waals surface area contributed by atoms with Crippen molar-refractivity contribution in [1.29, 1.82) is 0 Å². The summed E-state index contributed by atoms with van der Waals surface area (Å²) in [6.07, 6.45) is 3.35. The zero-order valence-corrected chi connectivity index (χ0v) is 14.3. The maximum atomic E-state index is 12.4. The molecule has 2 heterocycles. The van der Waals surface area contributed by atoms with Crippen LogP contribution in [0.15, 0.2) is 36.4 Å². The third-order valence-corrected chi connectivity index (χ3v) is 4.37. The van der Waals surface area contributed by atoms with Gasteiger partial charge in [0, 0.05) is 18.8 Å². The van der Waals surface area contributed by atoms with E-state index in [0.29, 0.717) is 17.4 Å². The number of rotatable bonds is 4. The Morgan fingerprint density at radius 1 is 1.04 bits per heavy atom. The quantitative estimate of drug-likeness (QED) is 0.924. The largest absolute Gasteiger partial charge is 0.338 e. The number of likely N-dealkylation sites (tertiary alicyclic amines) is 1. The second kappa shape index (κ2) is 7.43. The molecule has 1 N–H and O–H groups in total. The van der Waals surface area contributed by atoms with Gasteiger partial charge in [0.2, 0.25) is 0 Å². The summed E-state index contributed by atoms with van der Waals surface area (Å²) in [5, 5.41) is 11.6. The Hall–Kier alpha value is -2.43. The summed E-state index contributed by atoms with van der Waals surface area (Å²) in [6, 6.07) is 11.7. The Balaban J connectivity index is 1.72. The highest BCUT2D eigenvalue weighted by Gasteiger charge is 2.19. The van der Waals surface area contributed by atoms with Crippen molar-refractivity contribution in [1.82, 2.24) is 15.1 Å². The maximum absolute atomic E-state index is 12.4. The second-order valence-corrected chi connectivity index (χ2v) is 6.52. The molecule has 1 aliphatic heterocycles. The molecule has 1 aromatic carbocycles. The van der Waals surface area contributed by atoms with Crippen LogP contribution in [0.25, 0.3) is 0 Å². The van der Waals surface area contributed by atoms with E-state index in [1.165, 1.54) is 12.0 Å². The Morgan fingerprint density at radius 2 is 1.79 bits per heavy atom. The van der Waals surface area contributed by atoms with E-state index in [1.54, 1.807) is 6.07 Å². The lowest BCUT2D eigenvalue weighted by atomic mass is 10.0. The van der Waals surface area contributed by atoms with Crippen LogP contribution in [0, 0.1) is 0 Å². The lowest BCUT2D eigenvalue weighted by Gasteiger charge is -2.26. The molecule has 0 atom stereocenters. The number of hydrogen-bond donors (Lipinski definition) is 1. The van der Waals surface area contributed by atoms with E-state index in [2.05, 4.69) is 35.4 Å². The standard InChI is InChI=1S/C19H24N4O/c1-14(2)15-8-4-5-9-16(15)20-18-11-10-17(21-22-18)19(24)23-12-6-3-7-13-23/h4-5,8-11,14H,3,6-7,12-13H2,1-2H3,(H,20,22). The monoisotopic (exact) mass is 324 g/mol. The van der Waals surface area contributed by atoms with Crippen molar-refractivity contribution < 1.29 is 4.79 Å². The fourth-order valence-corrected chi connectivity index (χ4v) is 3.02. The minimum absolute atomic E-state index is 0.0173.